The Morgan fingerprint density at radius 1 is 1.29 bits per heavy atom. The normalized spacial score (nSPS) is 24.9. The number of aliphatic imine (C=N–C) groups is 1. The summed E-state index contributed by atoms with van der Waals surface area (Å²) in [5.41, 5.74) is 1.52. The van der Waals surface area contributed by atoms with E-state index in [1.165, 1.54) is 50.7 Å². The third-order valence-corrected chi connectivity index (χ3v) is 7.64. The van der Waals surface area contributed by atoms with Gasteiger partial charge in [0.15, 0.2) is 0 Å². The second-order valence-corrected chi connectivity index (χ2v) is 15.6. The van der Waals surface area contributed by atoms with Crippen LogP contribution in [0.25, 0.3) is 0 Å². The molecule has 1 aliphatic rings. The molecule has 0 aromatic carbocycles. The molecule has 1 rings (SSSR count). The predicted molar refractivity (Wildman–Crippen MR) is 85.0 cm³/mol. The highest BCUT2D eigenvalue weighted by atomic mass is 32.4. The van der Waals surface area contributed by atoms with Crippen LogP contribution in [0.4, 0.5) is 0 Å². The Morgan fingerprint density at radius 3 is 2.71 bits per heavy atom. The highest BCUT2D eigenvalue weighted by Crippen LogP contribution is 2.32. The lowest BCUT2D eigenvalue weighted by atomic mass is 10.2. The minimum atomic E-state index is -0.973. The average molecular weight is 272 g/mol. The van der Waals surface area contributed by atoms with Crippen molar-refractivity contribution in [3.63, 3.8) is 0 Å². The van der Waals surface area contributed by atoms with Gasteiger partial charge in [0, 0.05) is 17.5 Å². The van der Waals surface area contributed by atoms with E-state index in [9.17, 15) is 0 Å². The molecule has 0 heterocycles. The molecule has 0 saturated heterocycles. The van der Waals surface area contributed by atoms with E-state index in [0.29, 0.717) is 0 Å². The molecular formula is C14H29NSSi. The van der Waals surface area contributed by atoms with E-state index in [2.05, 4.69) is 37.8 Å². The lowest BCUT2D eigenvalue weighted by molar-refractivity contribution is 0.714. The maximum absolute atomic E-state index is 4.83. The molecule has 0 amide bonds. The molecular weight excluding hydrogens is 242 g/mol. The fourth-order valence-corrected chi connectivity index (χ4v) is 7.47. The van der Waals surface area contributed by atoms with Gasteiger partial charge in [0.2, 0.25) is 0 Å². The fraction of sp³-hybridized carbons (Fsp3) is 0.929. The van der Waals surface area contributed by atoms with Gasteiger partial charge in [0.05, 0.1) is 0 Å². The van der Waals surface area contributed by atoms with E-state index in [-0.39, 0.29) is 0 Å². The Morgan fingerprint density at radius 2 is 2.06 bits per heavy atom. The van der Waals surface area contributed by atoms with Crippen LogP contribution in [0.1, 0.15) is 51.9 Å². The van der Waals surface area contributed by atoms with E-state index in [1.807, 2.05) is 0 Å². The van der Waals surface area contributed by atoms with Crippen LogP contribution in [-0.2, 0) is 0 Å². The van der Waals surface area contributed by atoms with Crippen molar-refractivity contribution < 1.29 is 0 Å². The number of nitrogens with zero attached hydrogens (tertiary/aromatic N) is 1. The Kier molecular flexibility index (Phi) is 6.86. The Balaban J connectivity index is 2.48. The van der Waals surface area contributed by atoms with Crippen LogP contribution < -0.4 is 0 Å². The summed E-state index contributed by atoms with van der Waals surface area (Å²) in [6, 6.07) is 0. The smallest absolute Gasteiger partial charge is 0.108 e. The Bertz CT molecular complexity index is 245. The molecule has 1 saturated carbocycles. The first-order valence-corrected chi connectivity index (χ1v) is 12.3. The van der Waals surface area contributed by atoms with Crippen molar-refractivity contribution in [2.24, 2.45) is 4.99 Å². The number of hydrogen-bond acceptors (Lipinski definition) is 2. The SMILES string of the molecule is CCCCN=C1CCCCC(S[Si](C)(C)C)C1. The standard InChI is InChI=1S/C14H29NSSi/c1-5-6-11-15-13-9-7-8-10-14(12-13)16-17(2,3)4/h14H,5-12H2,1-4H3. The van der Waals surface area contributed by atoms with Gasteiger partial charge in [-0.25, -0.2) is 0 Å². The molecule has 0 aliphatic heterocycles. The molecule has 100 valence electrons. The largest absolute Gasteiger partial charge is 0.294 e. The van der Waals surface area contributed by atoms with Crippen molar-refractivity contribution in [3.05, 3.63) is 0 Å². The zero-order valence-electron chi connectivity index (χ0n) is 12.1. The van der Waals surface area contributed by atoms with Crippen molar-refractivity contribution in [3.8, 4) is 0 Å². The van der Waals surface area contributed by atoms with Crippen molar-refractivity contribution in [2.75, 3.05) is 6.54 Å². The monoisotopic (exact) mass is 271 g/mol. The van der Waals surface area contributed by atoms with E-state index in [1.54, 1.807) is 0 Å². The molecule has 17 heavy (non-hydrogen) atoms. The first-order chi connectivity index (χ1) is 8.01. The van der Waals surface area contributed by atoms with Gasteiger partial charge in [-0.15, -0.1) is 0 Å². The van der Waals surface area contributed by atoms with Gasteiger partial charge in [-0.2, -0.15) is 11.2 Å². The second-order valence-electron chi connectivity index (χ2n) is 6.10. The lowest BCUT2D eigenvalue weighted by Crippen LogP contribution is -2.21. The van der Waals surface area contributed by atoms with Gasteiger partial charge in [-0.1, -0.05) is 39.4 Å². The summed E-state index contributed by atoms with van der Waals surface area (Å²) in [6.07, 6.45) is 9.27. The summed E-state index contributed by atoms with van der Waals surface area (Å²) in [4.78, 5) is 4.83. The van der Waals surface area contributed by atoms with E-state index in [4.69, 9.17) is 4.99 Å². The predicted octanol–water partition coefficient (Wildman–Crippen LogP) is 5.13. The summed E-state index contributed by atoms with van der Waals surface area (Å²) in [5.74, 6) is 0. The fourth-order valence-electron chi connectivity index (χ4n) is 2.31. The zero-order valence-corrected chi connectivity index (χ0v) is 13.9. The minimum absolute atomic E-state index is 0.865. The molecule has 1 nitrogen and oxygen atoms in total. The van der Waals surface area contributed by atoms with Crippen molar-refractivity contribution in [1.82, 2.24) is 0 Å². The molecule has 1 aliphatic carbocycles. The van der Waals surface area contributed by atoms with E-state index in [0.717, 1.165) is 11.8 Å². The number of rotatable bonds is 5. The van der Waals surface area contributed by atoms with Crippen LogP contribution in [-0.4, -0.2) is 24.7 Å². The number of unbranched alkanes of at least 4 members (excludes halogenated alkanes) is 1. The minimum Gasteiger partial charge on any atom is -0.294 e. The summed E-state index contributed by atoms with van der Waals surface area (Å²) in [7, 11) is -0.973. The Labute approximate surface area is 113 Å². The molecule has 0 bridgehead atoms. The summed E-state index contributed by atoms with van der Waals surface area (Å²) < 4.78 is 0. The third-order valence-electron chi connectivity index (χ3n) is 3.07. The molecule has 0 spiro atoms. The van der Waals surface area contributed by atoms with E-state index >= 15 is 0 Å². The number of hydrogen-bond donors (Lipinski definition) is 0. The zero-order chi connectivity index (χ0) is 12.7. The maximum Gasteiger partial charge on any atom is 0.108 e. The summed E-state index contributed by atoms with van der Waals surface area (Å²) >= 11 is 2.29. The van der Waals surface area contributed by atoms with Gasteiger partial charge in [0.25, 0.3) is 0 Å². The molecule has 0 aromatic heterocycles. The summed E-state index contributed by atoms with van der Waals surface area (Å²) in [6.45, 7) is 10.7. The van der Waals surface area contributed by atoms with Gasteiger partial charge >= 0.3 is 0 Å². The topological polar surface area (TPSA) is 12.4 Å². The van der Waals surface area contributed by atoms with Crippen LogP contribution in [0.2, 0.25) is 19.6 Å². The van der Waals surface area contributed by atoms with Gasteiger partial charge in [-0.05, 0) is 32.1 Å². The average Bonchev–Trinajstić information content (AvgIpc) is 2.41. The first-order valence-electron chi connectivity index (χ1n) is 7.21. The van der Waals surface area contributed by atoms with Crippen LogP contribution >= 0.6 is 11.2 Å². The van der Waals surface area contributed by atoms with Crippen LogP contribution in [0.3, 0.4) is 0 Å². The molecule has 1 unspecified atom stereocenters. The third kappa shape index (κ3) is 7.30. The lowest BCUT2D eigenvalue weighted by Gasteiger charge is -2.23. The summed E-state index contributed by atoms with van der Waals surface area (Å²) in [5, 5.41) is 0.865. The maximum atomic E-state index is 4.83. The molecule has 0 N–H and O–H groups in total. The molecule has 1 atom stereocenters. The molecule has 1 fully saturated rings. The van der Waals surface area contributed by atoms with Crippen molar-refractivity contribution in [2.45, 2.75) is 76.8 Å². The van der Waals surface area contributed by atoms with Crippen molar-refractivity contribution >= 4 is 24.1 Å². The van der Waals surface area contributed by atoms with Crippen LogP contribution in [0.5, 0.6) is 0 Å². The molecule has 3 heteroatoms. The second kappa shape index (κ2) is 7.62. The highest BCUT2D eigenvalue weighted by molar-refractivity contribution is 8.29. The molecule has 0 radical (unpaired) electrons. The van der Waals surface area contributed by atoms with Gasteiger partial charge in [0.1, 0.15) is 7.22 Å². The van der Waals surface area contributed by atoms with Crippen molar-refractivity contribution in [1.29, 1.82) is 0 Å². The highest BCUT2D eigenvalue weighted by Gasteiger charge is 2.23. The quantitative estimate of drug-likeness (QED) is 0.384. The van der Waals surface area contributed by atoms with Crippen LogP contribution in [0, 0.1) is 0 Å². The Hall–Kier alpha value is 0.237. The van der Waals surface area contributed by atoms with E-state index < -0.39 is 7.22 Å². The first kappa shape index (κ1) is 15.3. The van der Waals surface area contributed by atoms with Gasteiger partial charge < -0.3 is 0 Å². The van der Waals surface area contributed by atoms with Crippen LogP contribution in [0.15, 0.2) is 4.99 Å². The van der Waals surface area contributed by atoms with Gasteiger partial charge in [-0.3, -0.25) is 4.99 Å². The molecule has 0 aromatic rings.